The van der Waals surface area contributed by atoms with Gasteiger partial charge < -0.3 is 37.6 Å². The lowest BCUT2D eigenvalue weighted by molar-refractivity contribution is -0.149. The lowest BCUT2D eigenvalue weighted by atomic mass is 10.0. The zero-order valence-corrected chi connectivity index (χ0v) is 28.5. The highest BCUT2D eigenvalue weighted by molar-refractivity contribution is 6.65. The Morgan fingerprint density at radius 1 is 0.736 bits per heavy atom. The molecule has 3 aromatic rings. The van der Waals surface area contributed by atoms with Crippen LogP contribution in [0.25, 0.3) is 10.8 Å². The molecule has 15 heteroatoms. The summed E-state index contributed by atoms with van der Waals surface area (Å²) in [6.07, 6.45) is 0.0502. The van der Waals surface area contributed by atoms with Gasteiger partial charge in [0.1, 0.15) is 51.5 Å². The molecular formula is C38H57ClO14. The number of ether oxygens (including phenoxy) is 7. The van der Waals surface area contributed by atoms with Gasteiger partial charge in [-0.3, -0.25) is 19.2 Å². The molecule has 1 aliphatic rings. The van der Waals surface area contributed by atoms with Crippen LogP contribution in [0.5, 0.6) is 23.0 Å². The van der Waals surface area contributed by atoms with Gasteiger partial charge in [-0.1, -0.05) is 37.1 Å². The van der Waals surface area contributed by atoms with Crippen LogP contribution >= 0.6 is 11.6 Å². The zero-order chi connectivity index (χ0) is 36.1. The van der Waals surface area contributed by atoms with Crippen LogP contribution in [-0.2, 0) is 39.8 Å². The maximum absolute atomic E-state index is 12.2. The normalized spacial score (nSPS) is 11.6. The minimum Gasteiger partial charge on any atom is -0.497 e. The summed E-state index contributed by atoms with van der Waals surface area (Å²) in [6, 6.07) is 8.14. The second-order valence-electron chi connectivity index (χ2n) is 9.78. The average molecular weight is 773 g/mol. The number of carbonyl (C=O) groups excluding carboxylic acids is 5. The molecule has 0 N–H and O–H groups in total. The minimum absolute atomic E-state index is 0. The van der Waals surface area contributed by atoms with E-state index in [4.69, 9.17) is 39.7 Å². The second-order valence-corrected chi connectivity index (χ2v) is 10.2. The van der Waals surface area contributed by atoms with Crippen molar-refractivity contribution in [3.05, 3.63) is 57.6 Å². The first-order chi connectivity index (χ1) is 22.8. The summed E-state index contributed by atoms with van der Waals surface area (Å²) in [6.45, 7) is 6.96. The third kappa shape index (κ3) is 14.4. The number of methoxy groups -OCH3 is 4. The van der Waals surface area contributed by atoms with Crippen molar-refractivity contribution in [2.24, 2.45) is 5.92 Å². The molecule has 2 heterocycles. The highest BCUT2D eigenvalue weighted by Crippen LogP contribution is 2.33. The molecule has 4 rings (SSSR count). The molecule has 1 aliphatic heterocycles. The fourth-order valence-corrected chi connectivity index (χ4v) is 4.25. The summed E-state index contributed by atoms with van der Waals surface area (Å²) in [7, 11) is 5.93. The Kier molecular flexibility index (Phi) is 26.6. The predicted molar refractivity (Wildman–Crippen MR) is 205 cm³/mol. The van der Waals surface area contributed by atoms with Crippen molar-refractivity contribution in [2.45, 2.75) is 77.2 Å². The number of rotatable bonds is 10. The summed E-state index contributed by atoms with van der Waals surface area (Å²) in [5.74, 6) is -1.73. The highest BCUT2D eigenvalue weighted by Gasteiger charge is 2.29. The Hall–Kier alpha value is -5.11. The van der Waals surface area contributed by atoms with Crippen LogP contribution in [0.2, 0.25) is 0 Å². The van der Waals surface area contributed by atoms with Crippen LogP contribution in [-0.4, -0.2) is 70.8 Å². The molecule has 0 radical (unpaired) electrons. The van der Waals surface area contributed by atoms with E-state index < -0.39 is 46.6 Å². The molecule has 0 amide bonds. The van der Waals surface area contributed by atoms with E-state index in [9.17, 15) is 28.8 Å². The van der Waals surface area contributed by atoms with Crippen LogP contribution in [0.1, 0.15) is 92.4 Å². The summed E-state index contributed by atoms with van der Waals surface area (Å²) in [4.78, 5) is 67.6. The molecule has 0 fully saturated rings. The first-order valence-electron chi connectivity index (χ1n) is 14.5. The van der Waals surface area contributed by atoms with Gasteiger partial charge in [-0.2, -0.15) is 0 Å². The van der Waals surface area contributed by atoms with Crippen molar-refractivity contribution >= 4 is 51.5 Å². The van der Waals surface area contributed by atoms with E-state index in [1.165, 1.54) is 35.4 Å². The van der Waals surface area contributed by atoms with Gasteiger partial charge in [0.2, 0.25) is 5.24 Å². The van der Waals surface area contributed by atoms with E-state index in [0.717, 1.165) is 0 Å². The van der Waals surface area contributed by atoms with Crippen molar-refractivity contribution in [3.8, 4) is 23.0 Å². The van der Waals surface area contributed by atoms with Gasteiger partial charge in [0, 0.05) is 12.1 Å². The van der Waals surface area contributed by atoms with Crippen molar-refractivity contribution in [1.82, 2.24) is 0 Å². The van der Waals surface area contributed by atoms with E-state index >= 15 is 0 Å². The van der Waals surface area contributed by atoms with E-state index in [2.05, 4.69) is 9.47 Å². The third-order valence-corrected chi connectivity index (χ3v) is 7.01. The number of halogens is 1. The molecule has 1 aromatic heterocycles. The number of benzene rings is 2. The minimum atomic E-state index is -0.846. The van der Waals surface area contributed by atoms with Gasteiger partial charge >= 0.3 is 29.5 Å². The number of fused-ring (bicyclic) bond motifs is 2. The molecule has 0 saturated carbocycles. The molecule has 14 nitrogen and oxygen atoms in total. The van der Waals surface area contributed by atoms with Gasteiger partial charge in [0.15, 0.2) is 0 Å². The fraction of sp³-hybridized carbons (Fsp3) is 0.474. The topological polar surface area (TPSA) is 180 Å². The number of hydrogen-bond donors (Lipinski definition) is 0. The summed E-state index contributed by atoms with van der Waals surface area (Å²) >= 11 is 5.02. The Morgan fingerprint density at radius 3 is 1.74 bits per heavy atom. The van der Waals surface area contributed by atoms with E-state index in [1.807, 2.05) is 0 Å². The molecular weight excluding hydrogens is 716 g/mol. The Labute approximate surface area is 317 Å². The predicted octanol–water partition coefficient (Wildman–Crippen LogP) is 7.55. The van der Waals surface area contributed by atoms with Crippen molar-refractivity contribution in [3.63, 3.8) is 0 Å². The average Bonchev–Trinajstić information content (AvgIpc) is 3.06. The highest BCUT2D eigenvalue weighted by atomic mass is 35.5. The zero-order valence-electron chi connectivity index (χ0n) is 27.8. The number of cyclic esters (lactones) is 2. The van der Waals surface area contributed by atoms with E-state index in [0.29, 0.717) is 44.9 Å². The van der Waals surface area contributed by atoms with Crippen molar-refractivity contribution < 1.29 is 61.5 Å². The molecule has 0 bridgehead atoms. The molecule has 2 unspecified atom stereocenters. The quantitative estimate of drug-likeness (QED) is 0.0853. The summed E-state index contributed by atoms with van der Waals surface area (Å²) in [5.41, 5.74) is 0.295. The summed E-state index contributed by atoms with van der Waals surface area (Å²) < 4.78 is 39.8. The van der Waals surface area contributed by atoms with Crippen molar-refractivity contribution in [1.29, 1.82) is 0 Å². The first-order valence-corrected chi connectivity index (χ1v) is 14.9. The summed E-state index contributed by atoms with van der Waals surface area (Å²) in [5, 5.41) is 0.208. The van der Waals surface area contributed by atoms with Gasteiger partial charge in [-0.05, 0) is 68.4 Å². The Balaban J connectivity index is -0.000000346. The van der Waals surface area contributed by atoms with E-state index in [1.54, 1.807) is 51.1 Å². The number of carbonyl (C=O) groups is 5. The molecule has 53 heavy (non-hydrogen) atoms. The second kappa shape index (κ2) is 25.8. The number of hydrogen-bond acceptors (Lipinski definition) is 14. The molecule has 2 atom stereocenters. The van der Waals surface area contributed by atoms with Crippen LogP contribution in [0.4, 0.5) is 0 Å². The smallest absolute Gasteiger partial charge is 0.349 e. The molecule has 300 valence electrons. The Morgan fingerprint density at radius 2 is 1.25 bits per heavy atom. The van der Waals surface area contributed by atoms with Gasteiger partial charge in [-0.15, -0.1) is 0 Å². The van der Waals surface area contributed by atoms with Gasteiger partial charge in [0.05, 0.1) is 48.1 Å². The van der Waals surface area contributed by atoms with E-state index in [-0.39, 0.29) is 62.5 Å². The van der Waals surface area contributed by atoms with Crippen LogP contribution in [0, 0.1) is 5.92 Å². The third-order valence-electron chi connectivity index (χ3n) is 6.68. The van der Waals surface area contributed by atoms with Crippen LogP contribution < -0.4 is 24.6 Å². The SMILES string of the molecule is C.C.C.C.C.CCOC(=O)C(C)C(=O)Cl.CCOC(=O)C(C)c1cc2cc(OC)cc(OC)c2c(=O)o1.COc1cc2c(c(OC)c1)C(=O)OC(=O)C2. The van der Waals surface area contributed by atoms with Crippen LogP contribution in [0.15, 0.2) is 39.5 Å². The van der Waals surface area contributed by atoms with Crippen LogP contribution in [0.3, 0.4) is 0 Å². The maximum atomic E-state index is 12.2. The lowest BCUT2D eigenvalue weighted by Gasteiger charge is -2.17. The standard InChI is InChI=1S/C16H18O6.C11H10O5.C6H9ClO3.5CH4/c1-5-21-15(17)9(2)12-7-10-6-11(19-3)8-13(20-4)14(10)16(18)22-12;1-14-7-3-6-4-9(12)16-11(13)10(6)8(5-7)15-2;1-3-10-6(9)4(2)5(7)8;;;;;/h6-9H,5H2,1-4H3;3,5H,4H2,1-2H3;4H,3H2,1-2H3;5*1H4. The molecule has 0 aliphatic carbocycles. The Bertz CT molecular complexity index is 1710. The molecule has 0 spiro atoms. The van der Waals surface area contributed by atoms with Crippen molar-refractivity contribution in [2.75, 3.05) is 41.7 Å². The monoisotopic (exact) mass is 772 g/mol. The van der Waals surface area contributed by atoms with Gasteiger partial charge in [0.25, 0.3) is 0 Å². The van der Waals surface area contributed by atoms with Gasteiger partial charge in [-0.25, -0.2) is 9.59 Å². The lowest BCUT2D eigenvalue weighted by Crippen LogP contribution is -2.23. The molecule has 0 saturated heterocycles. The molecule has 2 aromatic carbocycles. The number of esters is 4. The fourth-order valence-electron chi connectivity index (χ4n) is 4.16. The largest absolute Gasteiger partial charge is 0.497 e. The first kappa shape index (κ1) is 54.7. The maximum Gasteiger partial charge on any atom is 0.349 e.